The molecule has 0 saturated carbocycles. The Labute approximate surface area is 138 Å². The maximum atomic E-state index is 12.7. The van der Waals surface area contributed by atoms with Crippen molar-refractivity contribution >= 4 is 29.2 Å². The van der Waals surface area contributed by atoms with Crippen molar-refractivity contribution in [3.8, 4) is 5.75 Å². The van der Waals surface area contributed by atoms with Crippen molar-refractivity contribution in [3.63, 3.8) is 0 Å². The third kappa shape index (κ3) is 3.43. The Morgan fingerprint density at radius 3 is 2.52 bits per heavy atom. The highest BCUT2D eigenvalue weighted by Gasteiger charge is 2.21. The third-order valence-electron chi connectivity index (χ3n) is 3.28. The lowest BCUT2D eigenvalue weighted by Gasteiger charge is -2.19. The number of ether oxygens (including phenoxy) is 2. The van der Waals surface area contributed by atoms with Gasteiger partial charge >= 0.3 is 5.97 Å². The van der Waals surface area contributed by atoms with E-state index in [0.717, 1.165) is 0 Å². The summed E-state index contributed by atoms with van der Waals surface area (Å²) in [5.74, 6) is -0.493. The maximum Gasteiger partial charge on any atom is 0.340 e. The number of amides is 1. The number of halogens is 1. The van der Waals surface area contributed by atoms with Gasteiger partial charge in [0.1, 0.15) is 5.75 Å². The van der Waals surface area contributed by atoms with Gasteiger partial charge in [-0.25, -0.2) is 4.79 Å². The Morgan fingerprint density at radius 2 is 1.91 bits per heavy atom. The summed E-state index contributed by atoms with van der Waals surface area (Å²) in [7, 11) is 4.34. The zero-order chi connectivity index (χ0) is 17.0. The normalized spacial score (nSPS) is 10.1. The van der Waals surface area contributed by atoms with Crippen LogP contribution in [0.15, 0.2) is 36.7 Å². The molecule has 0 aliphatic carbocycles. The lowest BCUT2D eigenvalue weighted by molar-refractivity contribution is 0.0596. The van der Waals surface area contributed by atoms with Crippen LogP contribution < -0.4 is 9.64 Å². The molecular weight excluding hydrogens is 320 g/mol. The average Bonchev–Trinajstić information content (AvgIpc) is 2.59. The van der Waals surface area contributed by atoms with Crippen molar-refractivity contribution in [2.45, 2.75) is 0 Å². The summed E-state index contributed by atoms with van der Waals surface area (Å²) in [6, 6.07) is 6.43. The number of carbonyl (C=O) groups is 2. The van der Waals surface area contributed by atoms with E-state index in [1.165, 1.54) is 37.6 Å². The molecule has 2 rings (SSSR count). The number of methoxy groups -OCH3 is 2. The molecule has 0 unspecified atom stereocenters. The molecule has 0 spiro atoms. The lowest BCUT2D eigenvalue weighted by Crippen LogP contribution is -2.28. The van der Waals surface area contributed by atoms with Gasteiger partial charge in [0.15, 0.2) is 0 Å². The van der Waals surface area contributed by atoms with Crippen LogP contribution in [-0.2, 0) is 4.74 Å². The van der Waals surface area contributed by atoms with E-state index in [9.17, 15) is 9.59 Å². The Hall–Kier alpha value is -2.60. The van der Waals surface area contributed by atoms with Crippen LogP contribution in [0, 0.1) is 0 Å². The molecule has 120 valence electrons. The predicted octanol–water partition coefficient (Wildman–Crippen LogP) is 2.81. The highest BCUT2D eigenvalue weighted by molar-refractivity contribution is 6.32. The number of hydrogen-bond acceptors (Lipinski definition) is 5. The minimum absolute atomic E-state index is 0.103. The number of nitrogens with zero attached hydrogens (tertiary/aromatic N) is 2. The van der Waals surface area contributed by atoms with Gasteiger partial charge in [-0.1, -0.05) is 11.6 Å². The standard InChI is InChI=1S/C16H15ClN2O4/c1-19(10-4-5-14(22-2)13(17)8-10)15(20)11-6-7-18-9-12(11)16(21)23-3/h4-9H,1-3H3. The summed E-state index contributed by atoms with van der Waals surface area (Å²) in [6.07, 6.45) is 2.74. The fourth-order valence-electron chi connectivity index (χ4n) is 2.02. The van der Waals surface area contributed by atoms with E-state index in [-0.39, 0.29) is 17.0 Å². The Bertz CT molecular complexity index is 749. The molecule has 0 atom stereocenters. The smallest absolute Gasteiger partial charge is 0.340 e. The second kappa shape index (κ2) is 7.11. The van der Waals surface area contributed by atoms with Crippen LogP contribution in [0.1, 0.15) is 20.7 Å². The molecule has 6 nitrogen and oxygen atoms in total. The lowest BCUT2D eigenvalue weighted by atomic mass is 10.1. The Kier molecular flexibility index (Phi) is 5.18. The second-order valence-electron chi connectivity index (χ2n) is 4.60. The highest BCUT2D eigenvalue weighted by atomic mass is 35.5. The van der Waals surface area contributed by atoms with Crippen molar-refractivity contribution < 1.29 is 19.1 Å². The number of esters is 1. The zero-order valence-electron chi connectivity index (χ0n) is 12.9. The summed E-state index contributed by atoms with van der Waals surface area (Å²) in [5, 5.41) is 0.382. The highest BCUT2D eigenvalue weighted by Crippen LogP contribution is 2.29. The van der Waals surface area contributed by atoms with E-state index in [0.29, 0.717) is 16.5 Å². The molecule has 0 N–H and O–H groups in total. The van der Waals surface area contributed by atoms with Crippen LogP contribution in [-0.4, -0.2) is 38.1 Å². The SMILES string of the molecule is COC(=O)c1cnccc1C(=O)N(C)c1ccc(OC)c(Cl)c1. The van der Waals surface area contributed by atoms with Gasteiger partial charge in [-0.15, -0.1) is 0 Å². The van der Waals surface area contributed by atoms with Gasteiger partial charge in [0.2, 0.25) is 0 Å². The molecule has 1 aromatic carbocycles. The number of carbonyl (C=O) groups excluding carboxylic acids is 2. The largest absolute Gasteiger partial charge is 0.495 e. The van der Waals surface area contributed by atoms with Crippen LogP contribution in [0.3, 0.4) is 0 Å². The summed E-state index contributed by atoms with van der Waals surface area (Å²) >= 11 is 6.08. The van der Waals surface area contributed by atoms with Gasteiger partial charge in [-0.05, 0) is 24.3 Å². The summed E-state index contributed by atoms with van der Waals surface area (Å²) < 4.78 is 9.76. The number of anilines is 1. The molecular formula is C16H15ClN2O4. The van der Waals surface area contributed by atoms with Crippen LogP contribution in [0.5, 0.6) is 5.75 Å². The quantitative estimate of drug-likeness (QED) is 0.804. The van der Waals surface area contributed by atoms with Crippen LogP contribution in [0.25, 0.3) is 0 Å². The van der Waals surface area contributed by atoms with Crippen molar-refractivity contribution in [2.75, 3.05) is 26.2 Å². The van der Waals surface area contributed by atoms with Gasteiger partial charge in [-0.3, -0.25) is 9.78 Å². The van der Waals surface area contributed by atoms with E-state index in [4.69, 9.17) is 16.3 Å². The number of aromatic nitrogens is 1. The maximum absolute atomic E-state index is 12.7. The first-order valence-electron chi connectivity index (χ1n) is 6.63. The summed E-state index contributed by atoms with van der Waals surface area (Å²) in [4.78, 5) is 29.7. The van der Waals surface area contributed by atoms with E-state index in [1.807, 2.05) is 0 Å². The van der Waals surface area contributed by atoms with Gasteiger partial charge in [0.25, 0.3) is 5.91 Å². The van der Waals surface area contributed by atoms with Crippen molar-refractivity contribution in [2.24, 2.45) is 0 Å². The van der Waals surface area contributed by atoms with Gasteiger partial charge in [0, 0.05) is 25.1 Å². The Morgan fingerprint density at radius 1 is 1.17 bits per heavy atom. The predicted molar refractivity (Wildman–Crippen MR) is 86.3 cm³/mol. The molecule has 1 amide bonds. The van der Waals surface area contributed by atoms with Gasteiger partial charge < -0.3 is 14.4 Å². The van der Waals surface area contributed by atoms with Crippen molar-refractivity contribution in [1.82, 2.24) is 4.98 Å². The molecule has 0 aliphatic heterocycles. The first kappa shape index (κ1) is 16.8. The number of rotatable bonds is 4. The Balaban J connectivity index is 2.37. The summed E-state index contributed by atoms with van der Waals surface area (Å²) in [6.45, 7) is 0. The fraction of sp³-hybridized carbons (Fsp3) is 0.188. The van der Waals surface area contributed by atoms with Crippen molar-refractivity contribution in [1.29, 1.82) is 0 Å². The molecule has 0 saturated heterocycles. The monoisotopic (exact) mass is 334 g/mol. The molecule has 7 heteroatoms. The molecule has 0 aliphatic rings. The average molecular weight is 335 g/mol. The van der Waals surface area contributed by atoms with E-state index in [1.54, 1.807) is 25.2 Å². The topological polar surface area (TPSA) is 68.7 Å². The first-order chi connectivity index (χ1) is 11.0. The molecule has 2 aromatic rings. The van der Waals surface area contributed by atoms with Gasteiger partial charge in [-0.2, -0.15) is 0 Å². The van der Waals surface area contributed by atoms with Crippen molar-refractivity contribution in [3.05, 3.63) is 52.8 Å². The van der Waals surface area contributed by atoms with Crippen LogP contribution >= 0.6 is 11.6 Å². The summed E-state index contributed by atoms with van der Waals surface area (Å²) in [5.41, 5.74) is 0.862. The number of benzene rings is 1. The first-order valence-corrected chi connectivity index (χ1v) is 7.01. The molecule has 1 heterocycles. The van der Waals surface area contributed by atoms with Crippen LogP contribution in [0.2, 0.25) is 5.02 Å². The molecule has 23 heavy (non-hydrogen) atoms. The molecule has 0 radical (unpaired) electrons. The zero-order valence-corrected chi connectivity index (χ0v) is 13.6. The number of pyridine rings is 1. The number of hydrogen-bond donors (Lipinski definition) is 0. The molecule has 0 fully saturated rings. The van der Waals surface area contributed by atoms with Gasteiger partial charge in [0.05, 0.1) is 30.4 Å². The minimum Gasteiger partial charge on any atom is -0.495 e. The molecule has 1 aromatic heterocycles. The molecule has 0 bridgehead atoms. The fourth-order valence-corrected chi connectivity index (χ4v) is 2.27. The second-order valence-corrected chi connectivity index (χ2v) is 5.00. The van der Waals surface area contributed by atoms with E-state index >= 15 is 0 Å². The third-order valence-corrected chi connectivity index (χ3v) is 3.58. The van der Waals surface area contributed by atoms with E-state index in [2.05, 4.69) is 9.72 Å². The van der Waals surface area contributed by atoms with Crippen LogP contribution in [0.4, 0.5) is 5.69 Å². The minimum atomic E-state index is -0.623. The van der Waals surface area contributed by atoms with E-state index < -0.39 is 5.97 Å².